The van der Waals surface area contributed by atoms with Gasteiger partial charge in [-0.05, 0) is 18.4 Å². The minimum atomic E-state index is -0.430. The molecule has 0 saturated carbocycles. The largest absolute Gasteiger partial charge is 0.302 e. The van der Waals surface area contributed by atoms with E-state index in [1.807, 2.05) is 47.8 Å². The first-order valence-electron chi connectivity index (χ1n) is 9.86. The number of hydrazine groups is 1. The second-order valence-electron chi connectivity index (χ2n) is 6.93. The van der Waals surface area contributed by atoms with Gasteiger partial charge in [-0.15, -0.1) is 34.0 Å². The summed E-state index contributed by atoms with van der Waals surface area (Å²) in [6, 6.07) is 13.4. The van der Waals surface area contributed by atoms with Gasteiger partial charge in [0.25, 0.3) is 5.91 Å². The van der Waals surface area contributed by atoms with Gasteiger partial charge in [0.2, 0.25) is 11.8 Å². The van der Waals surface area contributed by atoms with Gasteiger partial charge in [0.05, 0.1) is 24.2 Å². The van der Waals surface area contributed by atoms with E-state index in [4.69, 9.17) is 0 Å². The molecule has 0 bridgehead atoms. The number of carbonyl (C=O) groups excluding carboxylic acids is 3. The Morgan fingerprint density at radius 1 is 0.909 bits per heavy atom. The third-order valence-electron chi connectivity index (χ3n) is 4.39. The molecule has 0 aliphatic carbocycles. The fourth-order valence-electron chi connectivity index (χ4n) is 2.88. The smallest absolute Gasteiger partial charge is 0.281 e. The van der Waals surface area contributed by atoms with Crippen molar-refractivity contribution in [2.24, 2.45) is 0 Å². The molecule has 0 aliphatic heterocycles. The van der Waals surface area contributed by atoms with Gasteiger partial charge in [0.15, 0.2) is 5.13 Å². The van der Waals surface area contributed by atoms with Gasteiger partial charge >= 0.3 is 0 Å². The number of anilines is 1. The van der Waals surface area contributed by atoms with Crippen molar-refractivity contribution in [2.75, 3.05) is 5.32 Å². The second kappa shape index (κ2) is 10.5. The molecule has 3 N–H and O–H groups in total. The van der Waals surface area contributed by atoms with Crippen molar-refractivity contribution in [3.8, 4) is 10.6 Å². The van der Waals surface area contributed by atoms with Crippen LogP contribution in [0.2, 0.25) is 0 Å². The van der Waals surface area contributed by atoms with Crippen LogP contribution in [0.15, 0.2) is 53.2 Å². The van der Waals surface area contributed by atoms with Gasteiger partial charge < -0.3 is 5.32 Å². The van der Waals surface area contributed by atoms with Crippen molar-refractivity contribution in [2.45, 2.75) is 19.8 Å². The molecule has 0 fully saturated rings. The maximum absolute atomic E-state index is 12.5. The molecule has 4 rings (SSSR count). The third-order valence-corrected chi connectivity index (χ3v) is 7.28. The van der Waals surface area contributed by atoms with Gasteiger partial charge in [-0.2, -0.15) is 0 Å². The van der Waals surface area contributed by atoms with Crippen molar-refractivity contribution in [1.82, 2.24) is 20.8 Å². The molecule has 0 saturated heterocycles. The molecule has 0 radical (unpaired) electrons. The van der Waals surface area contributed by atoms with E-state index in [9.17, 15) is 14.4 Å². The zero-order chi connectivity index (χ0) is 23.2. The van der Waals surface area contributed by atoms with E-state index in [1.165, 1.54) is 34.0 Å². The van der Waals surface area contributed by atoms with Crippen LogP contribution in [0, 0.1) is 6.92 Å². The average Bonchev–Trinajstić information content (AvgIpc) is 3.55. The molecule has 3 amide bonds. The topological polar surface area (TPSA) is 113 Å². The van der Waals surface area contributed by atoms with E-state index in [-0.39, 0.29) is 18.7 Å². The number of hydrogen-bond donors (Lipinski definition) is 3. The third kappa shape index (κ3) is 6.09. The summed E-state index contributed by atoms with van der Waals surface area (Å²) < 4.78 is 0. The van der Waals surface area contributed by atoms with E-state index in [0.717, 1.165) is 15.4 Å². The van der Waals surface area contributed by atoms with Crippen LogP contribution in [0.1, 0.15) is 25.9 Å². The lowest BCUT2D eigenvalue weighted by atomic mass is 10.2. The number of amides is 3. The Morgan fingerprint density at radius 3 is 2.48 bits per heavy atom. The van der Waals surface area contributed by atoms with E-state index in [1.54, 1.807) is 12.3 Å². The summed E-state index contributed by atoms with van der Waals surface area (Å²) >= 11 is 4.02. The van der Waals surface area contributed by atoms with Crippen LogP contribution in [0.5, 0.6) is 0 Å². The minimum Gasteiger partial charge on any atom is -0.302 e. The maximum Gasteiger partial charge on any atom is 0.281 e. The number of carbonyl (C=O) groups is 3. The fraction of sp³-hybridized carbons (Fsp3) is 0.136. The van der Waals surface area contributed by atoms with E-state index < -0.39 is 11.8 Å². The highest BCUT2D eigenvalue weighted by Gasteiger charge is 2.17. The Hall–Kier alpha value is -3.41. The summed E-state index contributed by atoms with van der Waals surface area (Å²) in [4.78, 5) is 46.9. The number of thiazole rings is 2. The lowest BCUT2D eigenvalue weighted by Crippen LogP contribution is -2.42. The van der Waals surface area contributed by atoms with Crippen LogP contribution in [-0.4, -0.2) is 27.7 Å². The van der Waals surface area contributed by atoms with Crippen LogP contribution in [0.3, 0.4) is 0 Å². The molecule has 0 spiro atoms. The van der Waals surface area contributed by atoms with Crippen LogP contribution in [0.4, 0.5) is 5.13 Å². The molecule has 4 aromatic rings. The molecule has 168 valence electrons. The molecule has 8 nitrogen and oxygen atoms in total. The van der Waals surface area contributed by atoms with E-state index in [2.05, 4.69) is 26.1 Å². The highest BCUT2D eigenvalue weighted by Crippen LogP contribution is 2.27. The quantitative estimate of drug-likeness (QED) is 0.336. The molecule has 1 aromatic carbocycles. The predicted octanol–water partition coefficient (Wildman–Crippen LogP) is 3.82. The number of nitrogens with one attached hydrogen (secondary N) is 3. The van der Waals surface area contributed by atoms with Crippen LogP contribution in [0.25, 0.3) is 10.6 Å². The maximum atomic E-state index is 12.5. The van der Waals surface area contributed by atoms with Crippen LogP contribution >= 0.6 is 34.0 Å². The molecule has 0 aliphatic rings. The number of benzene rings is 1. The van der Waals surface area contributed by atoms with Gasteiger partial charge in [-0.25, -0.2) is 9.97 Å². The summed E-state index contributed by atoms with van der Waals surface area (Å²) in [7, 11) is 0. The Balaban J connectivity index is 1.27. The monoisotopic (exact) mass is 497 g/mol. The van der Waals surface area contributed by atoms with E-state index in [0.29, 0.717) is 21.4 Å². The zero-order valence-electron chi connectivity index (χ0n) is 17.5. The zero-order valence-corrected chi connectivity index (χ0v) is 19.9. The predicted molar refractivity (Wildman–Crippen MR) is 130 cm³/mol. The van der Waals surface area contributed by atoms with Crippen molar-refractivity contribution >= 4 is 56.9 Å². The summed E-state index contributed by atoms with van der Waals surface area (Å²) in [5, 5.41) is 7.51. The van der Waals surface area contributed by atoms with Gasteiger partial charge in [-0.3, -0.25) is 25.2 Å². The van der Waals surface area contributed by atoms with Crippen molar-refractivity contribution in [3.63, 3.8) is 0 Å². The number of rotatable bonds is 7. The number of aryl methyl sites for hydroxylation is 1. The molecule has 3 heterocycles. The fourth-order valence-corrected chi connectivity index (χ4v) is 5.28. The Labute approximate surface area is 201 Å². The van der Waals surface area contributed by atoms with Gasteiger partial charge in [0.1, 0.15) is 9.88 Å². The summed E-state index contributed by atoms with van der Waals surface area (Å²) in [5.41, 5.74) is 6.85. The first kappa shape index (κ1) is 22.8. The molecular formula is C22H19N5O3S3. The van der Waals surface area contributed by atoms with Crippen LogP contribution < -0.4 is 16.2 Å². The molecule has 3 aromatic heterocycles. The standard InChI is InChI=1S/C22H19N5O3S3/c1-13-19(33-21(23-13)14-6-3-2-4-7-14)20(30)27-26-18(29)10-15-12-32-22(24-15)25-17(28)11-16-8-5-9-31-16/h2-9,12H,10-11H2,1H3,(H,26,29)(H,27,30)(H,24,25,28). The average molecular weight is 498 g/mol. The highest BCUT2D eigenvalue weighted by molar-refractivity contribution is 7.17. The first-order chi connectivity index (χ1) is 16.0. The summed E-state index contributed by atoms with van der Waals surface area (Å²) in [5.74, 6) is -1.01. The highest BCUT2D eigenvalue weighted by atomic mass is 32.1. The van der Waals surface area contributed by atoms with Crippen molar-refractivity contribution in [3.05, 3.63) is 74.4 Å². The Morgan fingerprint density at radius 2 is 1.73 bits per heavy atom. The Bertz CT molecular complexity index is 1270. The lowest BCUT2D eigenvalue weighted by molar-refractivity contribution is -0.121. The Kier molecular flexibility index (Phi) is 7.23. The van der Waals surface area contributed by atoms with Gasteiger partial charge in [0, 0.05) is 15.8 Å². The van der Waals surface area contributed by atoms with Crippen molar-refractivity contribution in [1.29, 1.82) is 0 Å². The normalized spacial score (nSPS) is 10.6. The summed E-state index contributed by atoms with van der Waals surface area (Å²) in [6.45, 7) is 1.75. The number of nitrogens with zero attached hydrogens (tertiary/aromatic N) is 2. The summed E-state index contributed by atoms with van der Waals surface area (Å²) in [6.07, 6.45) is 0.247. The molecule has 0 unspecified atom stereocenters. The molecular weight excluding hydrogens is 478 g/mol. The van der Waals surface area contributed by atoms with Crippen LogP contribution in [-0.2, 0) is 22.4 Å². The number of thiophene rings is 1. The number of aromatic nitrogens is 2. The first-order valence-corrected chi connectivity index (χ1v) is 12.4. The minimum absolute atomic E-state index is 0.0332. The van der Waals surface area contributed by atoms with Gasteiger partial charge in [-0.1, -0.05) is 36.4 Å². The molecule has 33 heavy (non-hydrogen) atoms. The molecule has 0 atom stereocenters. The van der Waals surface area contributed by atoms with E-state index >= 15 is 0 Å². The SMILES string of the molecule is Cc1nc(-c2ccccc2)sc1C(=O)NNC(=O)Cc1csc(NC(=O)Cc2cccs2)n1. The number of hydrogen-bond acceptors (Lipinski definition) is 8. The molecule has 11 heteroatoms. The lowest BCUT2D eigenvalue weighted by Gasteiger charge is -2.05. The second-order valence-corrected chi connectivity index (χ2v) is 9.82. The van der Waals surface area contributed by atoms with Crippen molar-refractivity contribution < 1.29 is 14.4 Å².